The summed E-state index contributed by atoms with van der Waals surface area (Å²) in [6.45, 7) is 0.905. The minimum Gasteiger partial charge on any atom is -0.506 e. The van der Waals surface area contributed by atoms with Crippen LogP contribution in [0.25, 0.3) is 10.9 Å². The van der Waals surface area contributed by atoms with Gasteiger partial charge in [-0.3, -0.25) is 9.69 Å². The number of benzene rings is 4. The van der Waals surface area contributed by atoms with Crippen LogP contribution in [0.2, 0.25) is 0 Å². The highest BCUT2D eigenvalue weighted by Gasteiger charge is 2.26. The van der Waals surface area contributed by atoms with E-state index in [4.69, 9.17) is 5.73 Å². The van der Waals surface area contributed by atoms with E-state index < -0.39 is 12.1 Å². The number of fused-ring (bicyclic) bond motifs is 1. The number of aromatic amines is 1. The van der Waals surface area contributed by atoms with Gasteiger partial charge in [-0.2, -0.15) is 0 Å². The molecule has 0 aliphatic rings. The zero-order valence-corrected chi connectivity index (χ0v) is 22.4. The molecule has 41 heavy (non-hydrogen) atoms. The highest BCUT2D eigenvalue weighted by molar-refractivity contribution is 5.92. The van der Waals surface area contributed by atoms with Gasteiger partial charge in [0.1, 0.15) is 5.75 Å². The molecular weight excluding hydrogens is 516 g/mol. The number of phenols is 1. The SMILES string of the molecule is NC(=O)N(c1ccc(CCNC[C@@H](O)c2ccc(O)c3[nH]c(=O)ccc23)cc1)C(c1ccccc1)c1ccccc1. The Morgan fingerprint density at radius 2 is 1.49 bits per heavy atom. The Morgan fingerprint density at radius 3 is 2.10 bits per heavy atom. The number of nitrogens with zero attached hydrogens (tertiary/aromatic N) is 1. The van der Waals surface area contributed by atoms with E-state index in [9.17, 15) is 19.8 Å². The van der Waals surface area contributed by atoms with Crippen LogP contribution in [0.15, 0.2) is 114 Å². The largest absolute Gasteiger partial charge is 0.506 e. The fourth-order valence-corrected chi connectivity index (χ4v) is 5.12. The van der Waals surface area contributed by atoms with Crippen molar-refractivity contribution in [2.75, 3.05) is 18.0 Å². The van der Waals surface area contributed by atoms with Crippen LogP contribution in [0.1, 0.15) is 34.4 Å². The van der Waals surface area contributed by atoms with Crippen molar-refractivity contribution < 1.29 is 15.0 Å². The van der Waals surface area contributed by atoms with Gasteiger partial charge >= 0.3 is 6.03 Å². The fraction of sp³-hybridized carbons (Fsp3) is 0.152. The molecule has 0 aliphatic carbocycles. The first-order valence-electron chi connectivity index (χ1n) is 13.4. The third-order valence-electron chi connectivity index (χ3n) is 7.13. The second-order valence-electron chi connectivity index (χ2n) is 9.85. The van der Waals surface area contributed by atoms with Crippen molar-refractivity contribution in [2.24, 2.45) is 5.73 Å². The molecule has 0 unspecified atom stereocenters. The lowest BCUT2D eigenvalue weighted by atomic mass is 9.96. The molecule has 0 saturated heterocycles. The van der Waals surface area contributed by atoms with Crippen LogP contribution in [0.4, 0.5) is 10.5 Å². The summed E-state index contributed by atoms with van der Waals surface area (Å²) in [6, 6.07) is 32.5. The predicted octanol–water partition coefficient (Wildman–Crippen LogP) is 4.77. The van der Waals surface area contributed by atoms with Gasteiger partial charge in [0.05, 0.1) is 17.7 Å². The second kappa shape index (κ2) is 12.5. The number of carbonyl (C=O) groups excluding carboxylic acids is 1. The molecule has 6 N–H and O–H groups in total. The predicted molar refractivity (Wildman–Crippen MR) is 161 cm³/mol. The number of aliphatic hydroxyl groups excluding tert-OH is 1. The van der Waals surface area contributed by atoms with Gasteiger partial charge in [0.2, 0.25) is 5.56 Å². The highest BCUT2D eigenvalue weighted by Crippen LogP contribution is 2.33. The number of rotatable bonds is 10. The monoisotopic (exact) mass is 548 g/mol. The molecular formula is C33H32N4O4. The number of urea groups is 1. The van der Waals surface area contributed by atoms with Crippen LogP contribution in [-0.2, 0) is 6.42 Å². The molecule has 0 aliphatic heterocycles. The van der Waals surface area contributed by atoms with Crippen LogP contribution in [0, 0.1) is 0 Å². The van der Waals surface area contributed by atoms with Crippen LogP contribution in [0.5, 0.6) is 5.75 Å². The van der Waals surface area contributed by atoms with Crippen LogP contribution in [-0.4, -0.2) is 34.3 Å². The normalized spacial score (nSPS) is 12.0. The summed E-state index contributed by atoms with van der Waals surface area (Å²) in [5, 5.41) is 24.7. The molecule has 8 nitrogen and oxygen atoms in total. The average molecular weight is 549 g/mol. The number of H-pyrrole nitrogens is 1. The summed E-state index contributed by atoms with van der Waals surface area (Å²) in [4.78, 5) is 28.6. The van der Waals surface area contributed by atoms with Crippen molar-refractivity contribution in [2.45, 2.75) is 18.6 Å². The van der Waals surface area contributed by atoms with Crippen molar-refractivity contribution in [3.05, 3.63) is 142 Å². The molecule has 2 amide bonds. The lowest BCUT2D eigenvalue weighted by molar-refractivity contribution is 0.176. The van der Waals surface area contributed by atoms with E-state index in [1.807, 2.05) is 84.9 Å². The molecule has 4 aromatic carbocycles. The molecule has 5 aromatic rings. The number of aromatic hydroxyl groups is 1. The Labute approximate surface area is 237 Å². The summed E-state index contributed by atoms with van der Waals surface area (Å²) < 4.78 is 0. The fourth-order valence-electron chi connectivity index (χ4n) is 5.12. The van der Waals surface area contributed by atoms with Gasteiger partial charge in [-0.25, -0.2) is 4.79 Å². The van der Waals surface area contributed by atoms with Crippen LogP contribution < -0.4 is 21.5 Å². The van der Waals surface area contributed by atoms with E-state index in [0.29, 0.717) is 41.7 Å². The quantitative estimate of drug-likeness (QED) is 0.160. The number of amides is 2. The maximum Gasteiger partial charge on any atom is 0.320 e. The third-order valence-corrected chi connectivity index (χ3v) is 7.13. The van der Waals surface area contributed by atoms with Gasteiger partial charge in [-0.05, 0) is 59.5 Å². The van der Waals surface area contributed by atoms with Gasteiger partial charge in [0, 0.05) is 23.7 Å². The molecule has 0 spiro atoms. The number of nitrogens with two attached hydrogens (primary N) is 1. The van der Waals surface area contributed by atoms with E-state index in [-0.39, 0.29) is 17.4 Å². The molecule has 0 bridgehead atoms. The number of pyridine rings is 1. The Morgan fingerprint density at radius 1 is 0.854 bits per heavy atom. The lowest BCUT2D eigenvalue weighted by Gasteiger charge is -2.31. The van der Waals surface area contributed by atoms with Gasteiger partial charge in [0.25, 0.3) is 0 Å². The summed E-state index contributed by atoms with van der Waals surface area (Å²) in [5.74, 6) is -0.0428. The Kier molecular flexibility index (Phi) is 8.43. The minimum absolute atomic E-state index is 0.0428. The van der Waals surface area contributed by atoms with E-state index in [1.54, 1.807) is 17.0 Å². The van der Waals surface area contributed by atoms with E-state index in [0.717, 1.165) is 16.7 Å². The minimum atomic E-state index is -0.830. The Hall–Kier alpha value is -4.92. The first kappa shape index (κ1) is 27.6. The Bertz CT molecular complexity index is 1630. The number of hydrogen-bond donors (Lipinski definition) is 5. The smallest absolute Gasteiger partial charge is 0.320 e. The molecule has 1 heterocycles. The number of anilines is 1. The summed E-state index contributed by atoms with van der Waals surface area (Å²) in [6.07, 6.45) is -0.128. The van der Waals surface area contributed by atoms with Gasteiger partial charge in [-0.15, -0.1) is 0 Å². The standard InChI is InChI=1S/C33H32N4O4/c34-33(41)37(32(23-7-3-1-4-8-23)24-9-5-2-6-10-24)25-13-11-22(12-14-25)19-20-35-21-29(39)26-15-17-28(38)31-27(26)16-18-30(40)36-31/h1-18,29,32,35,38-39H,19-21H2,(H2,34,41)(H,36,40)/t29-/m1/s1. The maximum absolute atomic E-state index is 12.8. The van der Waals surface area contributed by atoms with Crippen LogP contribution in [0.3, 0.4) is 0 Å². The van der Waals surface area contributed by atoms with Crippen molar-refractivity contribution in [3.63, 3.8) is 0 Å². The Balaban J connectivity index is 1.26. The van der Waals surface area contributed by atoms with E-state index >= 15 is 0 Å². The van der Waals surface area contributed by atoms with E-state index in [1.165, 1.54) is 12.1 Å². The molecule has 208 valence electrons. The number of phenolic OH excluding ortho intramolecular Hbond substituents is 1. The number of aromatic nitrogens is 1. The molecule has 1 atom stereocenters. The summed E-state index contributed by atoms with van der Waals surface area (Å²) in [5.41, 5.74) is 10.2. The van der Waals surface area contributed by atoms with Gasteiger partial charge in [0.15, 0.2) is 0 Å². The third kappa shape index (κ3) is 6.30. The number of carbonyl (C=O) groups is 1. The molecule has 5 rings (SSSR count). The molecule has 0 radical (unpaired) electrons. The van der Waals surface area contributed by atoms with Crippen LogP contribution >= 0.6 is 0 Å². The first-order chi connectivity index (χ1) is 19.9. The summed E-state index contributed by atoms with van der Waals surface area (Å²) in [7, 11) is 0. The zero-order valence-electron chi connectivity index (χ0n) is 22.4. The van der Waals surface area contributed by atoms with Crippen molar-refractivity contribution >= 4 is 22.6 Å². The lowest BCUT2D eigenvalue weighted by Crippen LogP contribution is -2.39. The average Bonchev–Trinajstić information content (AvgIpc) is 2.99. The number of nitrogens with one attached hydrogen (secondary N) is 2. The maximum atomic E-state index is 12.8. The van der Waals surface area contributed by atoms with Crippen molar-refractivity contribution in [3.8, 4) is 5.75 Å². The first-order valence-corrected chi connectivity index (χ1v) is 13.4. The molecule has 0 fully saturated rings. The van der Waals surface area contributed by atoms with E-state index in [2.05, 4.69) is 10.3 Å². The second-order valence-corrected chi connectivity index (χ2v) is 9.85. The van der Waals surface area contributed by atoms with Crippen molar-refractivity contribution in [1.29, 1.82) is 0 Å². The number of primary amides is 1. The highest BCUT2D eigenvalue weighted by atomic mass is 16.3. The van der Waals surface area contributed by atoms with Gasteiger partial charge < -0.3 is 26.2 Å². The number of hydrogen-bond acceptors (Lipinski definition) is 5. The van der Waals surface area contributed by atoms with Crippen molar-refractivity contribution in [1.82, 2.24) is 10.3 Å². The van der Waals surface area contributed by atoms with Gasteiger partial charge in [-0.1, -0.05) is 78.9 Å². The molecule has 1 aromatic heterocycles. The topological polar surface area (TPSA) is 132 Å². The molecule has 8 heteroatoms. The number of aliphatic hydroxyl groups is 1. The summed E-state index contributed by atoms with van der Waals surface area (Å²) >= 11 is 0. The molecule has 0 saturated carbocycles. The zero-order chi connectivity index (χ0) is 28.8.